The standard InChI is InChI=1S/C17H24N4O2/c18-12-5-7-19(8-6-12)9-15-16-10-20(11-17(15)16)13-1-3-14(4-2-13)21(22)23/h1-4,12,15-17H,5-11,18H2. The van der Waals surface area contributed by atoms with Crippen LogP contribution in [0.15, 0.2) is 24.3 Å². The number of nitro groups is 1. The number of hydrogen-bond donors (Lipinski definition) is 1. The molecule has 1 aromatic rings. The van der Waals surface area contributed by atoms with Crippen molar-refractivity contribution in [3.63, 3.8) is 0 Å². The lowest BCUT2D eigenvalue weighted by molar-refractivity contribution is -0.384. The second-order valence-corrected chi connectivity index (χ2v) is 7.31. The van der Waals surface area contributed by atoms with Crippen LogP contribution in [-0.2, 0) is 0 Å². The molecule has 2 heterocycles. The van der Waals surface area contributed by atoms with Crippen molar-refractivity contribution >= 4 is 11.4 Å². The molecule has 124 valence electrons. The van der Waals surface area contributed by atoms with Crippen molar-refractivity contribution in [1.82, 2.24) is 4.90 Å². The molecule has 2 saturated heterocycles. The van der Waals surface area contributed by atoms with Crippen molar-refractivity contribution < 1.29 is 4.92 Å². The highest BCUT2D eigenvalue weighted by Gasteiger charge is 2.55. The van der Waals surface area contributed by atoms with Crippen LogP contribution in [0.1, 0.15) is 12.8 Å². The summed E-state index contributed by atoms with van der Waals surface area (Å²) in [5.74, 6) is 2.46. The molecule has 1 saturated carbocycles. The van der Waals surface area contributed by atoms with Crippen LogP contribution in [0.2, 0.25) is 0 Å². The summed E-state index contributed by atoms with van der Waals surface area (Å²) < 4.78 is 0. The molecule has 2 atom stereocenters. The van der Waals surface area contributed by atoms with E-state index in [0.29, 0.717) is 6.04 Å². The maximum atomic E-state index is 10.7. The molecular formula is C17H24N4O2. The van der Waals surface area contributed by atoms with Crippen molar-refractivity contribution in [2.75, 3.05) is 37.6 Å². The number of anilines is 1. The number of fused-ring (bicyclic) bond motifs is 1. The zero-order valence-corrected chi connectivity index (χ0v) is 13.3. The van der Waals surface area contributed by atoms with Crippen molar-refractivity contribution in [3.8, 4) is 0 Å². The topological polar surface area (TPSA) is 75.6 Å². The molecule has 2 unspecified atom stereocenters. The van der Waals surface area contributed by atoms with E-state index in [-0.39, 0.29) is 10.6 Å². The Labute approximate surface area is 136 Å². The second-order valence-electron chi connectivity index (χ2n) is 7.31. The lowest BCUT2D eigenvalue weighted by Gasteiger charge is -2.31. The Kier molecular flexibility index (Phi) is 3.73. The third kappa shape index (κ3) is 2.93. The Bertz CT molecular complexity index is 571. The summed E-state index contributed by atoms with van der Waals surface area (Å²) in [6, 6.07) is 7.37. The summed E-state index contributed by atoms with van der Waals surface area (Å²) in [7, 11) is 0. The number of non-ortho nitro benzene ring substituents is 1. The zero-order valence-electron chi connectivity index (χ0n) is 13.3. The fourth-order valence-corrected chi connectivity index (χ4v) is 4.35. The average molecular weight is 316 g/mol. The fraction of sp³-hybridized carbons (Fsp3) is 0.647. The van der Waals surface area contributed by atoms with Crippen LogP contribution in [0.25, 0.3) is 0 Å². The summed E-state index contributed by atoms with van der Waals surface area (Å²) in [5.41, 5.74) is 7.25. The maximum absolute atomic E-state index is 10.7. The van der Waals surface area contributed by atoms with Crippen LogP contribution in [0.4, 0.5) is 11.4 Å². The van der Waals surface area contributed by atoms with Gasteiger partial charge in [0.05, 0.1) is 4.92 Å². The first-order valence-electron chi connectivity index (χ1n) is 8.59. The average Bonchev–Trinajstić information content (AvgIpc) is 3.00. The lowest BCUT2D eigenvalue weighted by Crippen LogP contribution is -2.41. The maximum Gasteiger partial charge on any atom is 0.269 e. The van der Waals surface area contributed by atoms with Crippen LogP contribution >= 0.6 is 0 Å². The number of nitrogens with two attached hydrogens (primary N) is 1. The van der Waals surface area contributed by atoms with Gasteiger partial charge < -0.3 is 15.5 Å². The predicted octanol–water partition coefficient (Wildman–Crippen LogP) is 1.70. The normalized spacial score (nSPS) is 31.2. The number of likely N-dealkylation sites (tertiary alicyclic amines) is 1. The number of nitro benzene ring substituents is 1. The first-order chi connectivity index (χ1) is 11.1. The first kappa shape index (κ1) is 14.9. The van der Waals surface area contributed by atoms with Crippen LogP contribution in [0.5, 0.6) is 0 Å². The molecule has 0 amide bonds. The number of nitrogens with zero attached hydrogens (tertiary/aromatic N) is 3. The van der Waals surface area contributed by atoms with Crippen molar-refractivity contribution in [2.24, 2.45) is 23.5 Å². The van der Waals surface area contributed by atoms with E-state index < -0.39 is 0 Å². The Hall–Kier alpha value is -1.66. The van der Waals surface area contributed by atoms with Crippen LogP contribution < -0.4 is 10.6 Å². The van der Waals surface area contributed by atoms with Gasteiger partial charge in [-0.2, -0.15) is 0 Å². The van der Waals surface area contributed by atoms with Gasteiger partial charge in [-0.05, 0) is 55.8 Å². The molecule has 6 nitrogen and oxygen atoms in total. The van der Waals surface area contributed by atoms with Crippen LogP contribution in [0, 0.1) is 27.9 Å². The largest absolute Gasteiger partial charge is 0.371 e. The molecule has 1 aromatic carbocycles. The predicted molar refractivity (Wildman–Crippen MR) is 89.4 cm³/mol. The molecule has 3 fully saturated rings. The monoisotopic (exact) mass is 316 g/mol. The molecule has 6 heteroatoms. The highest BCUT2D eigenvalue weighted by Crippen LogP contribution is 2.53. The number of benzene rings is 1. The van der Waals surface area contributed by atoms with E-state index in [9.17, 15) is 10.1 Å². The molecule has 0 radical (unpaired) electrons. The Morgan fingerprint density at radius 2 is 1.74 bits per heavy atom. The van der Waals surface area contributed by atoms with Crippen molar-refractivity contribution in [2.45, 2.75) is 18.9 Å². The SMILES string of the molecule is NC1CCN(CC2C3CN(c4ccc([N+](=O)[O-])cc4)CC23)CC1. The first-order valence-corrected chi connectivity index (χ1v) is 8.59. The second kappa shape index (κ2) is 5.76. The summed E-state index contributed by atoms with van der Waals surface area (Å²) in [5, 5.41) is 10.7. The molecular weight excluding hydrogens is 292 g/mol. The zero-order chi connectivity index (χ0) is 16.0. The van der Waals surface area contributed by atoms with Crippen molar-refractivity contribution in [1.29, 1.82) is 0 Å². The summed E-state index contributed by atoms with van der Waals surface area (Å²) in [6.07, 6.45) is 2.27. The number of hydrogen-bond acceptors (Lipinski definition) is 5. The molecule has 3 aliphatic rings. The third-order valence-electron chi connectivity index (χ3n) is 5.90. The number of piperidine rings is 2. The van der Waals surface area contributed by atoms with E-state index in [1.165, 1.54) is 6.54 Å². The Morgan fingerprint density at radius 3 is 2.30 bits per heavy atom. The van der Waals surface area contributed by atoms with Gasteiger partial charge in [0.2, 0.25) is 0 Å². The molecule has 0 bridgehead atoms. The minimum absolute atomic E-state index is 0.166. The summed E-state index contributed by atoms with van der Waals surface area (Å²) in [4.78, 5) is 15.3. The van der Waals surface area contributed by atoms with E-state index in [2.05, 4.69) is 9.80 Å². The van der Waals surface area contributed by atoms with Gasteiger partial charge in [0.1, 0.15) is 0 Å². The molecule has 0 spiro atoms. The highest BCUT2D eigenvalue weighted by atomic mass is 16.6. The minimum atomic E-state index is -0.341. The molecule has 0 aromatic heterocycles. The minimum Gasteiger partial charge on any atom is -0.371 e. The highest BCUT2D eigenvalue weighted by molar-refractivity contribution is 5.52. The van der Waals surface area contributed by atoms with E-state index in [1.807, 2.05) is 12.1 Å². The van der Waals surface area contributed by atoms with Gasteiger partial charge in [0.25, 0.3) is 5.69 Å². The Balaban J connectivity index is 1.29. The van der Waals surface area contributed by atoms with Crippen LogP contribution in [0.3, 0.4) is 0 Å². The Morgan fingerprint density at radius 1 is 1.13 bits per heavy atom. The quantitative estimate of drug-likeness (QED) is 0.676. The van der Waals surface area contributed by atoms with E-state index in [4.69, 9.17) is 5.73 Å². The van der Waals surface area contributed by atoms with Gasteiger partial charge in [-0.1, -0.05) is 0 Å². The van der Waals surface area contributed by atoms with Gasteiger partial charge in [-0.25, -0.2) is 0 Å². The van der Waals surface area contributed by atoms with Gasteiger partial charge >= 0.3 is 0 Å². The third-order valence-corrected chi connectivity index (χ3v) is 5.90. The van der Waals surface area contributed by atoms with Gasteiger partial charge in [0, 0.05) is 43.5 Å². The van der Waals surface area contributed by atoms with Crippen LogP contribution in [-0.4, -0.2) is 48.6 Å². The van der Waals surface area contributed by atoms with Crippen molar-refractivity contribution in [3.05, 3.63) is 34.4 Å². The lowest BCUT2D eigenvalue weighted by atomic mass is 10.1. The van der Waals surface area contributed by atoms with Gasteiger partial charge in [-0.15, -0.1) is 0 Å². The smallest absolute Gasteiger partial charge is 0.269 e. The van der Waals surface area contributed by atoms with E-state index in [0.717, 1.165) is 62.5 Å². The fourth-order valence-electron chi connectivity index (χ4n) is 4.35. The number of rotatable bonds is 4. The molecule has 2 N–H and O–H groups in total. The molecule has 1 aliphatic carbocycles. The van der Waals surface area contributed by atoms with Gasteiger partial charge in [-0.3, -0.25) is 10.1 Å². The summed E-state index contributed by atoms with van der Waals surface area (Å²) in [6.45, 7) is 5.74. The summed E-state index contributed by atoms with van der Waals surface area (Å²) >= 11 is 0. The van der Waals surface area contributed by atoms with E-state index >= 15 is 0 Å². The molecule has 2 aliphatic heterocycles. The van der Waals surface area contributed by atoms with Gasteiger partial charge in [0.15, 0.2) is 0 Å². The molecule has 4 rings (SSSR count). The molecule has 23 heavy (non-hydrogen) atoms. The van der Waals surface area contributed by atoms with E-state index in [1.54, 1.807) is 12.1 Å².